The summed E-state index contributed by atoms with van der Waals surface area (Å²) in [4.78, 5) is 0. The minimum atomic E-state index is 0.614. The molecular formula is C10H19N. The van der Waals surface area contributed by atoms with Gasteiger partial charge < -0.3 is 5.32 Å². The Morgan fingerprint density at radius 1 is 1.64 bits per heavy atom. The third kappa shape index (κ3) is 5.86. The van der Waals surface area contributed by atoms with Crippen LogP contribution in [0.4, 0.5) is 0 Å². The Hall–Kier alpha value is -0.560. The highest BCUT2D eigenvalue weighted by Gasteiger charge is 1.95. The molecule has 0 aliphatic carbocycles. The summed E-state index contributed by atoms with van der Waals surface area (Å²) in [6, 6.07) is 0.614. The zero-order valence-corrected chi connectivity index (χ0v) is 7.85. The molecule has 0 amide bonds. The molecule has 1 atom stereocenters. The molecule has 0 radical (unpaired) electrons. The van der Waals surface area contributed by atoms with Gasteiger partial charge in [-0.2, -0.15) is 0 Å². The first-order valence-corrected chi connectivity index (χ1v) is 4.22. The van der Waals surface area contributed by atoms with E-state index in [-0.39, 0.29) is 0 Å². The van der Waals surface area contributed by atoms with Crippen molar-refractivity contribution in [2.24, 2.45) is 0 Å². The van der Waals surface area contributed by atoms with E-state index in [0.29, 0.717) is 6.04 Å². The second kappa shape index (κ2) is 6.17. The molecule has 0 aromatic carbocycles. The summed E-state index contributed by atoms with van der Waals surface area (Å²) < 4.78 is 0. The summed E-state index contributed by atoms with van der Waals surface area (Å²) in [7, 11) is 0. The molecule has 1 unspecified atom stereocenters. The van der Waals surface area contributed by atoms with Crippen molar-refractivity contribution in [3.63, 3.8) is 0 Å². The molecule has 1 N–H and O–H groups in total. The first kappa shape index (κ1) is 10.4. The number of allylic oxidation sites excluding steroid dienone is 2. The van der Waals surface area contributed by atoms with Crippen LogP contribution in [0.5, 0.6) is 0 Å². The van der Waals surface area contributed by atoms with Crippen LogP contribution in [-0.4, -0.2) is 12.6 Å². The van der Waals surface area contributed by atoms with Crippen molar-refractivity contribution in [1.82, 2.24) is 5.32 Å². The summed E-state index contributed by atoms with van der Waals surface area (Å²) in [6.07, 6.45) is 5.05. The van der Waals surface area contributed by atoms with E-state index in [0.717, 1.165) is 6.54 Å². The average molecular weight is 153 g/mol. The smallest absolute Gasteiger partial charge is 0.0167 e. The van der Waals surface area contributed by atoms with Crippen LogP contribution in [0.3, 0.4) is 0 Å². The Balaban J connectivity index is 3.52. The number of hydrogen-bond acceptors (Lipinski definition) is 1. The molecule has 1 heteroatoms. The predicted molar refractivity (Wildman–Crippen MR) is 51.7 cm³/mol. The van der Waals surface area contributed by atoms with Gasteiger partial charge in [0.1, 0.15) is 0 Å². The normalized spacial score (nSPS) is 14.6. The van der Waals surface area contributed by atoms with E-state index in [4.69, 9.17) is 0 Å². The van der Waals surface area contributed by atoms with Crippen LogP contribution in [0.15, 0.2) is 24.3 Å². The van der Waals surface area contributed by atoms with Crippen molar-refractivity contribution in [1.29, 1.82) is 0 Å². The topological polar surface area (TPSA) is 12.0 Å². The summed E-state index contributed by atoms with van der Waals surface area (Å²) >= 11 is 0. The van der Waals surface area contributed by atoms with E-state index in [2.05, 4.69) is 32.7 Å². The molecule has 11 heavy (non-hydrogen) atoms. The minimum absolute atomic E-state index is 0.614. The Bertz CT molecular complexity index is 136. The quantitative estimate of drug-likeness (QED) is 0.598. The molecule has 1 nitrogen and oxygen atoms in total. The van der Waals surface area contributed by atoms with Gasteiger partial charge in [0.2, 0.25) is 0 Å². The van der Waals surface area contributed by atoms with Gasteiger partial charge in [-0.25, -0.2) is 0 Å². The standard InChI is InChI=1S/C10H19N/c1-5-7-9(3)8-11-10(4)6-2/h5,7,10-11H,1,6,8H2,2-4H3/b9-7+. The summed E-state index contributed by atoms with van der Waals surface area (Å²) in [5.41, 5.74) is 1.33. The van der Waals surface area contributed by atoms with E-state index < -0.39 is 0 Å². The first-order chi connectivity index (χ1) is 5.20. The van der Waals surface area contributed by atoms with E-state index >= 15 is 0 Å². The molecule has 64 valence electrons. The van der Waals surface area contributed by atoms with Gasteiger partial charge in [-0.1, -0.05) is 31.2 Å². The number of rotatable bonds is 5. The second-order valence-corrected chi connectivity index (χ2v) is 2.94. The zero-order chi connectivity index (χ0) is 8.69. The van der Waals surface area contributed by atoms with E-state index in [1.165, 1.54) is 12.0 Å². The molecule has 0 rings (SSSR count). The van der Waals surface area contributed by atoms with Crippen molar-refractivity contribution in [3.05, 3.63) is 24.3 Å². The highest BCUT2D eigenvalue weighted by Crippen LogP contribution is 1.93. The lowest BCUT2D eigenvalue weighted by molar-refractivity contribution is 0.560. The SMILES string of the molecule is C=C/C=C(\C)CNC(C)CC. The van der Waals surface area contributed by atoms with Gasteiger partial charge >= 0.3 is 0 Å². The fourth-order valence-electron chi connectivity index (χ4n) is 0.740. The van der Waals surface area contributed by atoms with Crippen molar-refractivity contribution in [2.75, 3.05) is 6.54 Å². The van der Waals surface area contributed by atoms with Gasteiger partial charge in [0.15, 0.2) is 0 Å². The van der Waals surface area contributed by atoms with Crippen LogP contribution in [-0.2, 0) is 0 Å². The maximum absolute atomic E-state index is 3.64. The van der Waals surface area contributed by atoms with Crippen molar-refractivity contribution >= 4 is 0 Å². The highest BCUT2D eigenvalue weighted by molar-refractivity contribution is 5.09. The monoisotopic (exact) mass is 153 g/mol. The summed E-state index contributed by atoms with van der Waals surface area (Å²) in [5.74, 6) is 0. The largest absolute Gasteiger partial charge is 0.311 e. The Kier molecular flexibility index (Phi) is 5.86. The predicted octanol–water partition coefficient (Wildman–Crippen LogP) is 2.51. The van der Waals surface area contributed by atoms with Gasteiger partial charge in [-0.05, 0) is 20.3 Å². The molecule has 0 aliphatic heterocycles. The fourth-order valence-corrected chi connectivity index (χ4v) is 0.740. The van der Waals surface area contributed by atoms with E-state index in [9.17, 15) is 0 Å². The first-order valence-electron chi connectivity index (χ1n) is 4.22. The van der Waals surface area contributed by atoms with Crippen LogP contribution in [0, 0.1) is 0 Å². The summed E-state index contributed by atoms with van der Waals surface area (Å²) in [5, 5.41) is 3.40. The molecule has 0 saturated heterocycles. The maximum atomic E-state index is 3.64. The zero-order valence-electron chi connectivity index (χ0n) is 7.85. The van der Waals surface area contributed by atoms with Gasteiger partial charge in [-0.3, -0.25) is 0 Å². The molecule has 0 bridgehead atoms. The lowest BCUT2D eigenvalue weighted by Crippen LogP contribution is -2.26. The van der Waals surface area contributed by atoms with Crippen molar-refractivity contribution < 1.29 is 0 Å². The second-order valence-electron chi connectivity index (χ2n) is 2.94. The Morgan fingerprint density at radius 3 is 2.73 bits per heavy atom. The van der Waals surface area contributed by atoms with Crippen LogP contribution in [0.25, 0.3) is 0 Å². The fraction of sp³-hybridized carbons (Fsp3) is 0.600. The third-order valence-electron chi connectivity index (χ3n) is 1.74. The minimum Gasteiger partial charge on any atom is -0.311 e. The Morgan fingerprint density at radius 2 is 2.27 bits per heavy atom. The molecule has 0 aromatic heterocycles. The molecule has 0 spiro atoms. The molecule has 0 fully saturated rings. The molecule has 0 aromatic rings. The van der Waals surface area contributed by atoms with E-state index in [1.807, 2.05) is 12.2 Å². The number of hydrogen-bond donors (Lipinski definition) is 1. The average Bonchev–Trinajstić information content (AvgIpc) is 2.01. The molecule has 0 saturated carbocycles. The van der Waals surface area contributed by atoms with Crippen LogP contribution < -0.4 is 5.32 Å². The lowest BCUT2D eigenvalue weighted by atomic mass is 10.2. The molecular weight excluding hydrogens is 134 g/mol. The number of nitrogens with one attached hydrogen (secondary N) is 1. The maximum Gasteiger partial charge on any atom is 0.0167 e. The lowest BCUT2D eigenvalue weighted by Gasteiger charge is -2.10. The van der Waals surface area contributed by atoms with Gasteiger partial charge in [-0.15, -0.1) is 0 Å². The van der Waals surface area contributed by atoms with Crippen LogP contribution in [0.1, 0.15) is 27.2 Å². The van der Waals surface area contributed by atoms with Gasteiger partial charge in [0.25, 0.3) is 0 Å². The summed E-state index contributed by atoms with van der Waals surface area (Å²) in [6.45, 7) is 11.1. The Labute approximate surface area is 70.2 Å². The van der Waals surface area contributed by atoms with E-state index in [1.54, 1.807) is 0 Å². The third-order valence-corrected chi connectivity index (χ3v) is 1.74. The van der Waals surface area contributed by atoms with Crippen molar-refractivity contribution in [3.8, 4) is 0 Å². The molecule has 0 aliphatic rings. The molecule has 0 heterocycles. The van der Waals surface area contributed by atoms with Crippen LogP contribution >= 0.6 is 0 Å². The highest BCUT2D eigenvalue weighted by atomic mass is 14.9. The van der Waals surface area contributed by atoms with Crippen LogP contribution in [0.2, 0.25) is 0 Å². The van der Waals surface area contributed by atoms with Crippen molar-refractivity contribution in [2.45, 2.75) is 33.2 Å². The van der Waals surface area contributed by atoms with Gasteiger partial charge in [0, 0.05) is 12.6 Å². The van der Waals surface area contributed by atoms with Gasteiger partial charge in [0.05, 0.1) is 0 Å².